The van der Waals surface area contributed by atoms with Gasteiger partial charge in [-0.15, -0.1) is 0 Å². The Morgan fingerprint density at radius 1 is 0.879 bits per heavy atom. The summed E-state index contributed by atoms with van der Waals surface area (Å²) < 4.78 is 0. The van der Waals surface area contributed by atoms with Crippen LogP contribution in [0, 0.1) is 0 Å². The number of unbranched alkanes of at least 4 members (excludes halogenated alkanes) is 1. The van der Waals surface area contributed by atoms with Crippen molar-refractivity contribution in [3.05, 3.63) is 0 Å². The minimum atomic E-state index is -1.51. The first kappa shape index (κ1) is 30.3. The molecule has 0 aliphatic carbocycles. The van der Waals surface area contributed by atoms with E-state index in [0.717, 1.165) is 0 Å². The van der Waals surface area contributed by atoms with Gasteiger partial charge in [-0.1, -0.05) is 0 Å². The number of Topliss-reactive ketones (excluding diaryl/α,β-unsaturated/α-hetero) is 1. The molecule has 8 N–H and O–H groups in total. The van der Waals surface area contributed by atoms with E-state index < -0.39 is 54.3 Å². The number of hydrogen-bond donors (Lipinski definition) is 8. The number of thiol groups is 1. The average molecular weight is 492 g/mol. The lowest BCUT2D eigenvalue weighted by molar-refractivity contribution is -0.143. The lowest BCUT2D eigenvalue weighted by Gasteiger charge is -2.21. The third-order valence-electron chi connectivity index (χ3n) is 4.54. The standard InChI is InChI=1S/C19H33N5O8S/c1-10(25)7-12(21-2)17(29)22-6-4-3-5-11(20)16(28)23-13(8-15(26)27)18(30)24-14(9-33)19(31)32/h11-14,21,33H,3-9,20H2,1-2H3,(H,22,29)(H,23,28)(H,24,30)(H,26,27)(H,31,32)/t11-,12-,13-,14-/m0/s1. The third-order valence-corrected chi connectivity index (χ3v) is 4.91. The zero-order valence-electron chi connectivity index (χ0n) is 18.6. The molecule has 0 spiro atoms. The number of carbonyl (C=O) groups is 6. The topological polar surface area (TPSA) is 217 Å². The van der Waals surface area contributed by atoms with E-state index in [9.17, 15) is 28.8 Å². The summed E-state index contributed by atoms with van der Waals surface area (Å²) in [6, 6.07) is -4.54. The molecule has 0 fully saturated rings. The van der Waals surface area contributed by atoms with E-state index in [4.69, 9.17) is 15.9 Å². The third kappa shape index (κ3) is 12.8. The fraction of sp³-hybridized carbons (Fsp3) is 0.684. The molecule has 0 aromatic rings. The van der Waals surface area contributed by atoms with Gasteiger partial charge in [0.15, 0.2) is 0 Å². The smallest absolute Gasteiger partial charge is 0.327 e. The Kier molecular flexibility index (Phi) is 14.7. The summed E-state index contributed by atoms with van der Waals surface area (Å²) in [6.45, 7) is 1.69. The van der Waals surface area contributed by atoms with Crippen LogP contribution in [0.15, 0.2) is 0 Å². The molecular formula is C19H33N5O8S. The molecule has 188 valence electrons. The number of amides is 3. The minimum absolute atomic E-state index is 0.0691. The summed E-state index contributed by atoms with van der Waals surface area (Å²) in [7, 11) is 1.57. The van der Waals surface area contributed by atoms with Gasteiger partial charge in [0.2, 0.25) is 17.7 Å². The lowest BCUT2D eigenvalue weighted by Crippen LogP contribution is -2.55. The van der Waals surface area contributed by atoms with Crippen LogP contribution in [0.4, 0.5) is 0 Å². The van der Waals surface area contributed by atoms with Crippen molar-refractivity contribution in [2.24, 2.45) is 5.73 Å². The number of carboxylic acid groups (broad SMARTS) is 2. The lowest BCUT2D eigenvalue weighted by atomic mass is 10.1. The molecule has 0 aliphatic heterocycles. The quantitative estimate of drug-likeness (QED) is 0.0798. The van der Waals surface area contributed by atoms with Crippen LogP contribution in [0.3, 0.4) is 0 Å². The second-order valence-electron chi connectivity index (χ2n) is 7.38. The number of ketones is 1. The Labute approximate surface area is 197 Å². The first-order valence-electron chi connectivity index (χ1n) is 10.3. The zero-order valence-corrected chi connectivity index (χ0v) is 19.5. The summed E-state index contributed by atoms with van der Waals surface area (Å²) >= 11 is 3.81. The maximum absolute atomic E-state index is 12.3. The van der Waals surface area contributed by atoms with Gasteiger partial charge < -0.3 is 37.2 Å². The van der Waals surface area contributed by atoms with Crippen molar-refractivity contribution >= 4 is 48.1 Å². The van der Waals surface area contributed by atoms with Crippen LogP contribution in [0.5, 0.6) is 0 Å². The number of carboxylic acids is 2. The number of carbonyl (C=O) groups excluding carboxylic acids is 4. The fourth-order valence-electron chi connectivity index (χ4n) is 2.69. The summed E-state index contributed by atoms with van der Waals surface area (Å²) in [4.78, 5) is 69.7. The molecule has 33 heavy (non-hydrogen) atoms. The van der Waals surface area contributed by atoms with E-state index in [1.165, 1.54) is 6.92 Å². The highest BCUT2D eigenvalue weighted by Crippen LogP contribution is 2.02. The van der Waals surface area contributed by atoms with Gasteiger partial charge in [0.1, 0.15) is 17.9 Å². The molecule has 3 amide bonds. The first-order chi connectivity index (χ1) is 15.4. The first-order valence-corrected chi connectivity index (χ1v) is 10.9. The van der Waals surface area contributed by atoms with Gasteiger partial charge in [0, 0.05) is 18.7 Å². The van der Waals surface area contributed by atoms with E-state index >= 15 is 0 Å². The number of rotatable bonds is 17. The molecule has 0 heterocycles. The van der Waals surface area contributed by atoms with Crippen LogP contribution in [0.25, 0.3) is 0 Å². The monoisotopic (exact) mass is 491 g/mol. The second kappa shape index (κ2) is 16.0. The molecular weight excluding hydrogens is 458 g/mol. The van der Waals surface area contributed by atoms with E-state index in [1.807, 2.05) is 0 Å². The van der Waals surface area contributed by atoms with Gasteiger partial charge in [0.25, 0.3) is 0 Å². The number of nitrogens with two attached hydrogens (primary N) is 1. The van der Waals surface area contributed by atoms with Gasteiger partial charge in [-0.2, -0.15) is 12.6 Å². The normalized spacial score (nSPS) is 14.3. The molecule has 13 nitrogen and oxygen atoms in total. The molecule has 0 bridgehead atoms. The van der Waals surface area contributed by atoms with Crippen molar-refractivity contribution in [2.75, 3.05) is 19.3 Å². The number of aliphatic carboxylic acids is 2. The largest absolute Gasteiger partial charge is 0.481 e. The van der Waals surface area contributed by atoms with Crippen molar-refractivity contribution < 1.29 is 39.0 Å². The van der Waals surface area contributed by atoms with E-state index in [2.05, 4.69) is 33.9 Å². The Morgan fingerprint density at radius 3 is 1.97 bits per heavy atom. The van der Waals surface area contributed by atoms with Crippen molar-refractivity contribution in [2.45, 2.75) is 63.2 Å². The Bertz CT molecular complexity index is 720. The summed E-state index contributed by atoms with van der Waals surface area (Å²) in [5.74, 6) is -5.15. The fourth-order valence-corrected chi connectivity index (χ4v) is 2.94. The van der Waals surface area contributed by atoms with E-state index in [1.54, 1.807) is 7.05 Å². The number of hydrogen-bond acceptors (Lipinski definition) is 9. The van der Waals surface area contributed by atoms with E-state index in [-0.39, 0.29) is 30.3 Å². The molecule has 0 aliphatic rings. The van der Waals surface area contributed by atoms with Gasteiger partial charge >= 0.3 is 11.9 Å². The Balaban J connectivity index is 4.60. The minimum Gasteiger partial charge on any atom is -0.481 e. The van der Waals surface area contributed by atoms with Gasteiger partial charge in [0.05, 0.1) is 18.5 Å². The highest BCUT2D eigenvalue weighted by molar-refractivity contribution is 7.80. The molecule has 0 aromatic heterocycles. The molecule has 0 saturated heterocycles. The molecule has 0 radical (unpaired) electrons. The second-order valence-corrected chi connectivity index (χ2v) is 7.75. The van der Waals surface area contributed by atoms with Crippen LogP contribution in [-0.4, -0.2) is 89.2 Å². The van der Waals surface area contributed by atoms with Crippen LogP contribution >= 0.6 is 12.6 Å². The molecule has 0 aromatic carbocycles. The highest BCUT2D eigenvalue weighted by atomic mass is 32.1. The predicted octanol–water partition coefficient (Wildman–Crippen LogP) is -2.37. The maximum atomic E-state index is 12.3. The number of nitrogens with one attached hydrogen (secondary N) is 4. The SMILES string of the molecule is CN[C@@H](CC(C)=O)C(=O)NCCCC[C@H](N)C(=O)N[C@@H](CC(=O)O)C(=O)N[C@@H](CS)C(=O)O. The molecule has 14 heteroatoms. The van der Waals surface area contributed by atoms with E-state index in [0.29, 0.717) is 19.4 Å². The van der Waals surface area contributed by atoms with Gasteiger partial charge in [-0.25, -0.2) is 4.79 Å². The number of likely N-dealkylation sites (N-methyl/N-ethyl adjacent to an activating group) is 1. The van der Waals surface area contributed by atoms with Crippen molar-refractivity contribution in [3.8, 4) is 0 Å². The highest BCUT2D eigenvalue weighted by Gasteiger charge is 2.29. The van der Waals surface area contributed by atoms with Crippen LogP contribution in [0.2, 0.25) is 0 Å². The predicted molar refractivity (Wildman–Crippen MR) is 121 cm³/mol. The average Bonchev–Trinajstić information content (AvgIpc) is 2.73. The molecule has 4 atom stereocenters. The van der Waals surface area contributed by atoms with Crippen molar-refractivity contribution in [3.63, 3.8) is 0 Å². The van der Waals surface area contributed by atoms with Gasteiger partial charge in [-0.3, -0.25) is 24.0 Å². The maximum Gasteiger partial charge on any atom is 0.327 e. The summed E-state index contributed by atoms with van der Waals surface area (Å²) in [6.07, 6.45) is 0.440. The summed E-state index contributed by atoms with van der Waals surface area (Å²) in [5, 5.41) is 27.7. The molecule has 0 unspecified atom stereocenters. The Morgan fingerprint density at radius 2 is 1.48 bits per heavy atom. The van der Waals surface area contributed by atoms with Crippen LogP contribution < -0.4 is 27.0 Å². The summed E-state index contributed by atoms with van der Waals surface area (Å²) in [5.41, 5.74) is 5.81. The van der Waals surface area contributed by atoms with Crippen molar-refractivity contribution in [1.29, 1.82) is 0 Å². The van der Waals surface area contributed by atoms with Crippen LogP contribution in [0.1, 0.15) is 39.0 Å². The molecule has 0 saturated carbocycles. The molecule has 0 rings (SSSR count). The van der Waals surface area contributed by atoms with Crippen molar-refractivity contribution in [1.82, 2.24) is 21.3 Å². The van der Waals surface area contributed by atoms with Crippen LogP contribution in [-0.2, 0) is 28.8 Å². The van der Waals surface area contributed by atoms with Gasteiger partial charge in [-0.05, 0) is 33.2 Å². The Hall–Kier alpha value is -2.71. The zero-order chi connectivity index (χ0) is 25.6.